The number of fused-ring (bicyclic) bond motifs is 2. The van der Waals surface area contributed by atoms with Gasteiger partial charge in [-0.2, -0.15) is 5.26 Å². The number of aromatic nitrogens is 2. The number of nitrogens with one attached hydrogen (secondary N) is 1. The van der Waals surface area contributed by atoms with Crippen LogP contribution in [0.2, 0.25) is 5.02 Å². The van der Waals surface area contributed by atoms with Crippen molar-refractivity contribution in [3.05, 3.63) is 64.9 Å². The van der Waals surface area contributed by atoms with Crippen molar-refractivity contribution < 1.29 is 10.2 Å². The van der Waals surface area contributed by atoms with Crippen LogP contribution >= 0.6 is 22.9 Å². The van der Waals surface area contributed by atoms with Crippen molar-refractivity contribution >= 4 is 44.1 Å². The molecular weight excluding hydrogens is 520 g/mol. The first kappa shape index (κ1) is 25.3. The Bertz CT molecular complexity index is 1570. The molecule has 0 aliphatic carbocycles. The summed E-state index contributed by atoms with van der Waals surface area (Å²) in [6, 6.07) is 12.7. The maximum absolute atomic E-state index is 10.6. The van der Waals surface area contributed by atoms with E-state index in [1.807, 2.05) is 24.3 Å². The second-order valence-corrected chi connectivity index (χ2v) is 11.8. The highest BCUT2D eigenvalue weighted by molar-refractivity contribution is 7.19. The molecule has 2 unspecified atom stereocenters. The molecule has 0 amide bonds. The van der Waals surface area contributed by atoms with E-state index < -0.39 is 18.0 Å². The largest absolute Gasteiger partial charge is 0.374 e. The lowest BCUT2D eigenvalue weighted by atomic mass is 9.80. The summed E-state index contributed by atoms with van der Waals surface area (Å²) in [6.45, 7) is 2.69. The molecule has 8 nitrogen and oxygen atoms in total. The third-order valence-corrected chi connectivity index (χ3v) is 9.04. The van der Waals surface area contributed by atoms with Gasteiger partial charge in [-0.25, -0.2) is 4.90 Å². The van der Waals surface area contributed by atoms with Crippen molar-refractivity contribution in [3.8, 4) is 17.2 Å². The van der Waals surface area contributed by atoms with E-state index in [9.17, 15) is 15.5 Å². The van der Waals surface area contributed by atoms with Crippen molar-refractivity contribution in [1.82, 2.24) is 24.7 Å². The van der Waals surface area contributed by atoms with E-state index >= 15 is 0 Å². The van der Waals surface area contributed by atoms with Crippen LogP contribution in [0.25, 0.3) is 32.2 Å². The molecular formula is C28H29ClN6O2S. The third-order valence-electron chi connectivity index (χ3n) is 7.68. The van der Waals surface area contributed by atoms with Gasteiger partial charge >= 0.3 is 0 Å². The number of hydrogen-bond donors (Lipinski definition) is 3. The second kappa shape index (κ2) is 9.97. The van der Waals surface area contributed by atoms with Crippen molar-refractivity contribution in [1.29, 1.82) is 5.26 Å². The molecule has 38 heavy (non-hydrogen) atoms. The zero-order valence-corrected chi connectivity index (χ0v) is 22.6. The number of thiophene rings is 1. The summed E-state index contributed by atoms with van der Waals surface area (Å²) in [7, 11) is 1.77. The number of piperidine rings is 1. The molecule has 0 saturated carbocycles. The quantitative estimate of drug-likeness (QED) is 0.341. The van der Waals surface area contributed by atoms with Gasteiger partial charge in [0.1, 0.15) is 6.23 Å². The molecule has 10 heteroatoms. The molecule has 1 fully saturated rings. The smallest absolute Gasteiger partial charge is 0.188 e. The first-order valence-electron chi connectivity index (χ1n) is 12.7. The molecule has 1 aromatic carbocycles. The van der Waals surface area contributed by atoms with Crippen LogP contribution in [0.4, 0.5) is 0 Å². The highest BCUT2D eigenvalue weighted by atomic mass is 35.5. The van der Waals surface area contributed by atoms with Gasteiger partial charge in [0.25, 0.3) is 0 Å². The van der Waals surface area contributed by atoms with Crippen molar-refractivity contribution in [2.45, 2.75) is 38.5 Å². The predicted octanol–water partition coefficient (Wildman–Crippen LogP) is 4.32. The molecule has 6 rings (SSSR count). The lowest BCUT2D eigenvalue weighted by Gasteiger charge is -2.38. The van der Waals surface area contributed by atoms with Crippen LogP contribution in [0, 0.1) is 16.7 Å². The number of aliphatic hydroxyl groups is 2. The van der Waals surface area contributed by atoms with Gasteiger partial charge in [-0.05, 0) is 62.3 Å². The molecule has 3 N–H and O–H groups in total. The van der Waals surface area contributed by atoms with E-state index in [4.69, 9.17) is 11.6 Å². The first-order valence-corrected chi connectivity index (χ1v) is 13.9. The van der Waals surface area contributed by atoms with Crippen LogP contribution in [0.1, 0.15) is 17.7 Å². The minimum Gasteiger partial charge on any atom is -0.374 e. The summed E-state index contributed by atoms with van der Waals surface area (Å²) in [6.07, 6.45) is 7.03. The Labute approximate surface area is 230 Å². The van der Waals surface area contributed by atoms with Gasteiger partial charge < -0.3 is 25.0 Å². The summed E-state index contributed by atoms with van der Waals surface area (Å²) in [5.41, 5.74) is 3.52. The van der Waals surface area contributed by atoms with Crippen LogP contribution in [0.3, 0.4) is 0 Å². The number of halogens is 1. The van der Waals surface area contributed by atoms with E-state index in [1.54, 1.807) is 46.7 Å². The Hall–Kier alpha value is -2.97. The molecule has 5 heterocycles. The fraction of sp³-hybridized carbons (Fsp3) is 0.357. The Kier molecular flexibility index (Phi) is 6.64. The predicted molar refractivity (Wildman–Crippen MR) is 150 cm³/mol. The average molecular weight is 549 g/mol. The molecule has 0 bridgehead atoms. The molecule has 0 spiro atoms. The number of pyridine rings is 1. The van der Waals surface area contributed by atoms with Gasteiger partial charge in [-0.15, -0.1) is 11.3 Å². The van der Waals surface area contributed by atoms with Gasteiger partial charge in [0.05, 0.1) is 27.2 Å². The summed E-state index contributed by atoms with van der Waals surface area (Å²) < 4.78 is 3.22. The Balaban J connectivity index is 1.43. The summed E-state index contributed by atoms with van der Waals surface area (Å²) in [5.74, 6) is 0. The van der Waals surface area contributed by atoms with Gasteiger partial charge in [0.2, 0.25) is 0 Å². The minimum atomic E-state index is -0.925. The SMILES string of the molecule is CN1C=CC(O)N(Cc2cc3nccc(-c4cc(Cl)cc5ccn(CC6(C#N)CCNCC6)c45)c3s2)C1O. The number of nitrogens with zero attached hydrogens (tertiary/aromatic N) is 5. The molecule has 2 aliphatic rings. The van der Waals surface area contributed by atoms with Gasteiger partial charge in [-0.3, -0.25) is 4.98 Å². The molecule has 4 aromatic rings. The lowest BCUT2D eigenvalue weighted by molar-refractivity contribution is -0.152. The normalized spacial score (nSPS) is 21.8. The van der Waals surface area contributed by atoms with Gasteiger partial charge in [0.15, 0.2) is 6.35 Å². The number of nitriles is 1. The number of benzene rings is 1. The molecule has 1 saturated heterocycles. The highest BCUT2D eigenvalue weighted by Gasteiger charge is 2.33. The highest BCUT2D eigenvalue weighted by Crippen LogP contribution is 2.41. The van der Waals surface area contributed by atoms with E-state index in [2.05, 4.69) is 33.2 Å². The Morgan fingerprint density at radius 1 is 1.21 bits per heavy atom. The zero-order chi connectivity index (χ0) is 26.4. The summed E-state index contributed by atoms with van der Waals surface area (Å²) in [4.78, 5) is 8.87. The van der Waals surface area contributed by atoms with Crippen molar-refractivity contribution in [3.63, 3.8) is 0 Å². The van der Waals surface area contributed by atoms with E-state index in [0.717, 1.165) is 63.1 Å². The summed E-state index contributed by atoms with van der Waals surface area (Å²) >= 11 is 8.20. The maximum atomic E-state index is 10.6. The van der Waals surface area contributed by atoms with Crippen molar-refractivity contribution in [2.24, 2.45) is 5.41 Å². The van der Waals surface area contributed by atoms with E-state index in [-0.39, 0.29) is 0 Å². The third kappa shape index (κ3) is 4.47. The first-order chi connectivity index (χ1) is 18.4. The standard InChI is InChI=1S/C28H29ClN6O2S/c1-33-10-4-24(36)35(27(33)37)15-20-14-23-26(38-20)21(2-7-32-23)22-13-19(29)12-18-3-11-34(25(18)22)17-28(16-30)5-8-31-9-6-28/h2-4,7,10-14,24,27,31,36-37H,5-6,8-9,15,17H2,1H3. The molecule has 2 atom stereocenters. The van der Waals surface area contributed by atoms with E-state index in [0.29, 0.717) is 18.1 Å². The molecule has 196 valence electrons. The molecule has 2 aliphatic heterocycles. The van der Waals surface area contributed by atoms with Gasteiger partial charge in [-0.1, -0.05) is 11.6 Å². The van der Waals surface area contributed by atoms with Crippen molar-refractivity contribution in [2.75, 3.05) is 20.1 Å². The maximum Gasteiger partial charge on any atom is 0.188 e. The second-order valence-electron chi connectivity index (χ2n) is 10.2. The van der Waals surface area contributed by atoms with E-state index in [1.165, 1.54) is 0 Å². The Morgan fingerprint density at radius 2 is 2.03 bits per heavy atom. The fourth-order valence-corrected chi connectivity index (χ4v) is 6.97. The fourth-order valence-electron chi connectivity index (χ4n) is 5.59. The van der Waals surface area contributed by atoms with Crippen LogP contribution < -0.4 is 5.32 Å². The number of hydrogen-bond acceptors (Lipinski definition) is 8. The minimum absolute atomic E-state index is 0.373. The Morgan fingerprint density at radius 3 is 2.82 bits per heavy atom. The topological polar surface area (TPSA) is 101 Å². The monoisotopic (exact) mass is 548 g/mol. The average Bonchev–Trinajstić information content (AvgIpc) is 3.52. The zero-order valence-electron chi connectivity index (χ0n) is 21.0. The van der Waals surface area contributed by atoms with Crippen LogP contribution in [0.15, 0.2) is 55.0 Å². The molecule has 3 aromatic heterocycles. The van der Waals surface area contributed by atoms with Gasteiger partial charge in [0, 0.05) is 65.1 Å². The summed E-state index contributed by atoms with van der Waals surface area (Å²) in [5, 5.41) is 36.2. The number of rotatable bonds is 5. The van der Waals surface area contributed by atoms with Crippen LogP contribution in [-0.4, -0.2) is 62.3 Å². The van der Waals surface area contributed by atoms with Crippen LogP contribution in [-0.2, 0) is 13.1 Å². The number of aliphatic hydroxyl groups excluding tert-OH is 2. The van der Waals surface area contributed by atoms with Crippen LogP contribution in [0.5, 0.6) is 0 Å². The lowest BCUT2D eigenvalue weighted by Crippen LogP contribution is -2.51. The molecule has 0 radical (unpaired) electrons.